The molecule has 1 atom stereocenters. The number of hydrogen-bond acceptors (Lipinski definition) is 4. The van der Waals surface area contributed by atoms with Gasteiger partial charge in [-0.3, -0.25) is 4.99 Å². The molecule has 0 spiro atoms. The van der Waals surface area contributed by atoms with Crippen molar-refractivity contribution in [2.24, 2.45) is 10.4 Å². The lowest BCUT2D eigenvalue weighted by atomic mass is 9.84. The number of aliphatic hydroxyl groups is 1. The molecule has 3 N–H and O–H groups in total. The summed E-state index contributed by atoms with van der Waals surface area (Å²) >= 11 is 1.83. The third-order valence-electron chi connectivity index (χ3n) is 4.37. The largest absolute Gasteiger partial charge is 0.396 e. The van der Waals surface area contributed by atoms with Crippen molar-refractivity contribution in [3.63, 3.8) is 0 Å². The molecular formula is C18H30IN3O2S. The van der Waals surface area contributed by atoms with E-state index in [1.54, 1.807) is 7.05 Å². The van der Waals surface area contributed by atoms with E-state index in [0.29, 0.717) is 6.61 Å². The molecule has 0 aliphatic carbocycles. The van der Waals surface area contributed by atoms with Crippen LogP contribution in [0.2, 0.25) is 0 Å². The molecule has 0 amide bonds. The lowest BCUT2D eigenvalue weighted by Crippen LogP contribution is -2.45. The number of aryl methyl sites for hydroxylation is 1. The molecule has 2 rings (SSSR count). The first-order chi connectivity index (χ1) is 11.7. The summed E-state index contributed by atoms with van der Waals surface area (Å²) < 4.78 is 5.52. The summed E-state index contributed by atoms with van der Waals surface area (Å²) in [5.74, 6) is 1.79. The van der Waals surface area contributed by atoms with Gasteiger partial charge in [-0.15, -0.1) is 35.7 Å². The summed E-state index contributed by atoms with van der Waals surface area (Å²) in [6.45, 7) is 5.41. The van der Waals surface area contributed by atoms with E-state index in [0.717, 1.165) is 44.3 Å². The molecule has 0 bridgehead atoms. The van der Waals surface area contributed by atoms with E-state index in [9.17, 15) is 5.11 Å². The Hall–Kier alpha value is -0.510. The van der Waals surface area contributed by atoms with Gasteiger partial charge in [-0.2, -0.15) is 0 Å². The number of halogens is 1. The van der Waals surface area contributed by atoms with Crippen LogP contribution in [-0.2, 0) is 4.74 Å². The predicted molar refractivity (Wildman–Crippen MR) is 116 cm³/mol. The van der Waals surface area contributed by atoms with E-state index in [1.807, 2.05) is 11.8 Å². The number of hydrogen-bond donors (Lipinski definition) is 3. The van der Waals surface area contributed by atoms with Crippen LogP contribution in [0.4, 0.5) is 0 Å². The van der Waals surface area contributed by atoms with E-state index in [2.05, 4.69) is 46.8 Å². The number of thioether (sulfide) groups is 1. The number of guanidine groups is 1. The number of nitrogens with zero attached hydrogens (tertiary/aromatic N) is 1. The van der Waals surface area contributed by atoms with Crippen LogP contribution in [0, 0.1) is 12.3 Å². The van der Waals surface area contributed by atoms with E-state index in [1.165, 1.54) is 10.5 Å². The molecule has 5 nitrogen and oxygen atoms in total. The van der Waals surface area contributed by atoms with Crippen molar-refractivity contribution in [1.29, 1.82) is 0 Å². The maximum absolute atomic E-state index is 9.28. The van der Waals surface area contributed by atoms with Gasteiger partial charge in [0, 0.05) is 49.4 Å². The topological polar surface area (TPSA) is 65.9 Å². The summed E-state index contributed by atoms with van der Waals surface area (Å²) in [6, 6.07) is 8.60. The highest BCUT2D eigenvalue weighted by Gasteiger charge is 2.34. The normalized spacial score (nSPS) is 20.2. The molecule has 7 heteroatoms. The van der Waals surface area contributed by atoms with Gasteiger partial charge < -0.3 is 20.5 Å². The van der Waals surface area contributed by atoms with Gasteiger partial charge in [0.2, 0.25) is 0 Å². The zero-order valence-corrected chi connectivity index (χ0v) is 18.2. The van der Waals surface area contributed by atoms with Gasteiger partial charge >= 0.3 is 0 Å². The van der Waals surface area contributed by atoms with Gasteiger partial charge in [-0.25, -0.2) is 0 Å². The second-order valence-corrected chi connectivity index (χ2v) is 7.46. The van der Waals surface area contributed by atoms with Gasteiger partial charge in [0.15, 0.2) is 5.96 Å². The number of nitrogens with one attached hydrogen (secondary N) is 2. The van der Waals surface area contributed by atoms with Gasteiger partial charge in [-0.1, -0.05) is 17.7 Å². The molecule has 1 saturated heterocycles. The van der Waals surface area contributed by atoms with Crippen molar-refractivity contribution >= 4 is 41.7 Å². The van der Waals surface area contributed by atoms with Crippen molar-refractivity contribution in [2.45, 2.75) is 24.7 Å². The van der Waals surface area contributed by atoms with Crippen molar-refractivity contribution < 1.29 is 9.84 Å². The quantitative estimate of drug-likeness (QED) is 0.176. The summed E-state index contributed by atoms with van der Waals surface area (Å²) in [7, 11) is 1.78. The Morgan fingerprint density at radius 1 is 1.32 bits per heavy atom. The zero-order valence-electron chi connectivity index (χ0n) is 15.1. The predicted octanol–water partition coefficient (Wildman–Crippen LogP) is 2.66. The molecule has 25 heavy (non-hydrogen) atoms. The summed E-state index contributed by atoms with van der Waals surface area (Å²) in [4.78, 5) is 5.57. The Morgan fingerprint density at radius 2 is 2.08 bits per heavy atom. The van der Waals surface area contributed by atoms with Crippen LogP contribution in [0.15, 0.2) is 34.2 Å². The minimum Gasteiger partial charge on any atom is -0.396 e. The van der Waals surface area contributed by atoms with Gasteiger partial charge in [0.25, 0.3) is 0 Å². The van der Waals surface area contributed by atoms with Crippen molar-refractivity contribution in [3.05, 3.63) is 29.8 Å². The second-order valence-electron chi connectivity index (χ2n) is 6.29. The number of aliphatic hydroxyl groups excluding tert-OH is 1. The molecule has 0 saturated carbocycles. The Labute approximate surface area is 172 Å². The average Bonchev–Trinajstić information content (AvgIpc) is 3.05. The lowest BCUT2D eigenvalue weighted by Gasteiger charge is -2.27. The molecule has 1 aromatic rings. The third-order valence-corrected chi connectivity index (χ3v) is 5.38. The first-order valence-electron chi connectivity index (χ1n) is 8.50. The van der Waals surface area contributed by atoms with E-state index in [4.69, 9.17) is 4.74 Å². The van der Waals surface area contributed by atoms with Crippen LogP contribution < -0.4 is 10.6 Å². The maximum atomic E-state index is 9.28. The summed E-state index contributed by atoms with van der Waals surface area (Å²) in [6.07, 6.45) is 1.75. The fraction of sp³-hybridized carbons (Fsp3) is 0.611. The van der Waals surface area contributed by atoms with Crippen LogP contribution >= 0.6 is 35.7 Å². The SMILES string of the molecule is CN=C(NCCSc1ccc(C)cc1)NCC1(CCO)CCOC1.I. The lowest BCUT2D eigenvalue weighted by molar-refractivity contribution is 0.127. The number of rotatable bonds is 8. The van der Waals surface area contributed by atoms with E-state index in [-0.39, 0.29) is 36.0 Å². The van der Waals surface area contributed by atoms with Crippen molar-refractivity contribution in [1.82, 2.24) is 10.6 Å². The fourth-order valence-corrected chi connectivity index (χ4v) is 3.54. The molecular weight excluding hydrogens is 449 g/mol. The van der Waals surface area contributed by atoms with Crippen LogP contribution in [0.5, 0.6) is 0 Å². The minimum absolute atomic E-state index is 0. The van der Waals surface area contributed by atoms with Gasteiger partial charge in [0.1, 0.15) is 0 Å². The molecule has 1 fully saturated rings. The minimum atomic E-state index is 0. The third kappa shape index (κ3) is 7.72. The highest BCUT2D eigenvalue weighted by molar-refractivity contribution is 14.0. The molecule has 142 valence electrons. The zero-order chi connectivity index (χ0) is 17.3. The van der Waals surface area contributed by atoms with Gasteiger partial charge in [-0.05, 0) is 31.9 Å². The molecule has 1 heterocycles. The van der Waals surface area contributed by atoms with Crippen LogP contribution in [0.1, 0.15) is 18.4 Å². The standard InChI is InChI=1S/C18H29N3O2S.HI/c1-15-3-5-16(6-4-15)24-12-9-20-17(19-2)21-13-18(7-10-22)8-11-23-14-18;/h3-6,22H,7-14H2,1-2H3,(H2,19,20,21);1H. The Morgan fingerprint density at radius 3 is 2.68 bits per heavy atom. The van der Waals surface area contributed by atoms with Gasteiger partial charge in [0.05, 0.1) is 6.61 Å². The van der Waals surface area contributed by atoms with Crippen molar-refractivity contribution in [2.75, 3.05) is 45.7 Å². The molecule has 1 aromatic carbocycles. The summed E-state index contributed by atoms with van der Waals surface area (Å²) in [5.41, 5.74) is 1.32. The second kappa shape index (κ2) is 12.0. The van der Waals surface area contributed by atoms with Crippen LogP contribution in [0.3, 0.4) is 0 Å². The van der Waals surface area contributed by atoms with Crippen molar-refractivity contribution in [3.8, 4) is 0 Å². The molecule has 1 aliphatic rings. The Balaban J connectivity index is 0.00000312. The Kier molecular flexibility index (Phi) is 10.8. The highest BCUT2D eigenvalue weighted by atomic mass is 127. The first kappa shape index (κ1) is 22.5. The monoisotopic (exact) mass is 479 g/mol. The maximum Gasteiger partial charge on any atom is 0.191 e. The first-order valence-corrected chi connectivity index (χ1v) is 9.49. The molecule has 0 aromatic heterocycles. The summed E-state index contributed by atoms with van der Waals surface area (Å²) in [5, 5.41) is 16.0. The molecule has 1 unspecified atom stereocenters. The van der Waals surface area contributed by atoms with E-state index >= 15 is 0 Å². The number of benzene rings is 1. The van der Waals surface area contributed by atoms with Crippen LogP contribution in [-0.4, -0.2) is 56.8 Å². The number of ether oxygens (including phenoxy) is 1. The Bertz CT molecular complexity index is 520. The molecule has 1 aliphatic heterocycles. The number of aliphatic imine (C=N–C) groups is 1. The highest BCUT2D eigenvalue weighted by Crippen LogP contribution is 2.31. The fourth-order valence-electron chi connectivity index (χ4n) is 2.78. The molecule has 0 radical (unpaired) electrons. The smallest absolute Gasteiger partial charge is 0.191 e. The van der Waals surface area contributed by atoms with Crippen LogP contribution in [0.25, 0.3) is 0 Å². The van der Waals surface area contributed by atoms with E-state index < -0.39 is 0 Å². The average molecular weight is 479 g/mol.